The molecule has 0 saturated heterocycles. The summed E-state index contributed by atoms with van der Waals surface area (Å²) in [6, 6.07) is 5.12. The highest BCUT2D eigenvalue weighted by atomic mass is 19.4. The number of hydrogen-bond acceptors (Lipinski definition) is 4. The Bertz CT molecular complexity index is 1150. The third-order valence-electron chi connectivity index (χ3n) is 7.18. The molecule has 1 aliphatic rings. The fraction of sp³-hybridized carbons (Fsp3) is 0.583. The van der Waals surface area contributed by atoms with E-state index in [1.807, 2.05) is 6.92 Å². The van der Waals surface area contributed by atoms with Gasteiger partial charge in [0.15, 0.2) is 5.82 Å². The minimum absolute atomic E-state index is 0.0749. The molecule has 0 radical (unpaired) electrons. The molecule has 0 bridgehead atoms. The number of carbonyl (C=O) groups excluding carboxylic acids is 2. The standard InChI is InChI=1S/C24H29F6N5O2/c1-14(13-23(25,26)27)18(36)32-34-20(37)22(3)11-9-21(2,10-12-22)19-33-31-17(35(19)4)15-7-5-6-8-16(15)24(28,29)30/h5-8,14H,9-13H2,1-4H3,(H,32,36)(H,34,37). The largest absolute Gasteiger partial charge is 0.417 e. The van der Waals surface area contributed by atoms with E-state index >= 15 is 0 Å². The lowest BCUT2D eigenvalue weighted by Crippen LogP contribution is -2.52. The second-order valence-electron chi connectivity index (χ2n) is 10.2. The van der Waals surface area contributed by atoms with Crippen molar-refractivity contribution in [2.24, 2.45) is 18.4 Å². The van der Waals surface area contributed by atoms with Crippen LogP contribution in [0.5, 0.6) is 0 Å². The highest BCUT2D eigenvalue weighted by Gasteiger charge is 2.45. The number of rotatable bonds is 5. The summed E-state index contributed by atoms with van der Waals surface area (Å²) in [5.74, 6) is -2.28. The summed E-state index contributed by atoms with van der Waals surface area (Å²) in [6.07, 6.45) is -8.78. The first-order chi connectivity index (χ1) is 17.0. The lowest BCUT2D eigenvalue weighted by atomic mass is 9.64. The van der Waals surface area contributed by atoms with Crippen molar-refractivity contribution in [2.45, 2.75) is 70.6 Å². The van der Waals surface area contributed by atoms with Crippen LogP contribution in [0.2, 0.25) is 0 Å². The molecule has 1 heterocycles. The summed E-state index contributed by atoms with van der Waals surface area (Å²) in [6.45, 7) is 4.70. The summed E-state index contributed by atoms with van der Waals surface area (Å²) in [4.78, 5) is 24.7. The van der Waals surface area contributed by atoms with Gasteiger partial charge in [-0.25, -0.2) is 0 Å². The smallest absolute Gasteiger partial charge is 0.314 e. The number of nitrogens with one attached hydrogen (secondary N) is 2. The van der Waals surface area contributed by atoms with Crippen molar-refractivity contribution in [1.82, 2.24) is 25.6 Å². The highest BCUT2D eigenvalue weighted by molar-refractivity contribution is 5.86. The zero-order valence-electron chi connectivity index (χ0n) is 20.8. The Hall–Kier alpha value is -3.12. The van der Waals surface area contributed by atoms with Crippen LogP contribution in [0.4, 0.5) is 26.3 Å². The van der Waals surface area contributed by atoms with Gasteiger partial charge in [-0.05, 0) is 31.7 Å². The van der Waals surface area contributed by atoms with Gasteiger partial charge in [0.25, 0.3) is 0 Å². The van der Waals surface area contributed by atoms with Crippen molar-refractivity contribution in [3.8, 4) is 11.4 Å². The van der Waals surface area contributed by atoms with Crippen LogP contribution in [0.15, 0.2) is 24.3 Å². The number of amides is 2. The van der Waals surface area contributed by atoms with Gasteiger partial charge in [-0.3, -0.25) is 20.4 Å². The molecule has 2 N–H and O–H groups in total. The number of hydrazine groups is 1. The molecule has 2 aromatic rings. The maximum Gasteiger partial charge on any atom is 0.417 e. The van der Waals surface area contributed by atoms with Gasteiger partial charge in [0, 0.05) is 29.4 Å². The lowest BCUT2D eigenvalue weighted by molar-refractivity contribution is -0.154. The van der Waals surface area contributed by atoms with Crippen LogP contribution in [0.3, 0.4) is 0 Å². The second-order valence-corrected chi connectivity index (χ2v) is 10.2. The molecule has 204 valence electrons. The number of halogens is 6. The first-order valence-corrected chi connectivity index (χ1v) is 11.7. The predicted molar refractivity (Wildman–Crippen MR) is 121 cm³/mol. The number of carbonyl (C=O) groups is 2. The van der Waals surface area contributed by atoms with E-state index < -0.39 is 52.9 Å². The lowest BCUT2D eigenvalue weighted by Gasteiger charge is -2.41. The van der Waals surface area contributed by atoms with Crippen LogP contribution in [0.1, 0.15) is 64.3 Å². The molecular weight excluding hydrogens is 504 g/mol. The van der Waals surface area contributed by atoms with Crippen molar-refractivity contribution in [1.29, 1.82) is 0 Å². The molecule has 1 atom stereocenters. The monoisotopic (exact) mass is 533 g/mol. The number of benzene rings is 1. The molecule has 0 spiro atoms. The molecule has 1 aliphatic carbocycles. The van der Waals surface area contributed by atoms with Gasteiger partial charge in [-0.1, -0.05) is 39.0 Å². The molecular formula is C24H29F6N5O2. The highest BCUT2D eigenvalue weighted by Crippen LogP contribution is 2.47. The first-order valence-electron chi connectivity index (χ1n) is 11.7. The van der Waals surface area contributed by atoms with Crippen molar-refractivity contribution in [3.05, 3.63) is 35.7 Å². The summed E-state index contributed by atoms with van der Waals surface area (Å²) in [7, 11) is 1.60. The van der Waals surface area contributed by atoms with Crippen LogP contribution in [0.25, 0.3) is 11.4 Å². The number of nitrogens with zero attached hydrogens (tertiary/aromatic N) is 3. The quantitative estimate of drug-likeness (QED) is 0.415. The van der Waals surface area contributed by atoms with Crippen LogP contribution in [0, 0.1) is 11.3 Å². The third kappa shape index (κ3) is 6.24. The van der Waals surface area contributed by atoms with E-state index in [0.717, 1.165) is 13.0 Å². The van der Waals surface area contributed by atoms with Gasteiger partial charge in [0.2, 0.25) is 11.8 Å². The summed E-state index contributed by atoms with van der Waals surface area (Å²) in [5.41, 5.74) is 1.91. The van der Waals surface area contributed by atoms with Crippen LogP contribution in [-0.4, -0.2) is 32.8 Å². The van der Waals surface area contributed by atoms with Crippen LogP contribution >= 0.6 is 0 Å². The summed E-state index contributed by atoms with van der Waals surface area (Å²) >= 11 is 0. The number of hydrogen-bond donors (Lipinski definition) is 2. The Morgan fingerprint density at radius 2 is 1.59 bits per heavy atom. The summed E-state index contributed by atoms with van der Waals surface area (Å²) < 4.78 is 79.6. The van der Waals surface area contributed by atoms with E-state index in [1.165, 1.54) is 22.8 Å². The minimum Gasteiger partial charge on any atom is -0.314 e. The average Bonchev–Trinajstić information content (AvgIpc) is 3.19. The minimum atomic E-state index is -4.56. The molecule has 37 heavy (non-hydrogen) atoms. The van der Waals surface area contributed by atoms with Gasteiger partial charge < -0.3 is 4.57 Å². The number of alkyl halides is 6. The van der Waals surface area contributed by atoms with Gasteiger partial charge in [0.1, 0.15) is 5.82 Å². The molecule has 1 unspecified atom stereocenters. The SMILES string of the molecule is CC(CC(F)(F)F)C(=O)NNC(=O)C1(C)CCC(C)(c2nnc(-c3ccccc3C(F)(F)F)n2C)CC1. The predicted octanol–water partition coefficient (Wildman–Crippen LogP) is 5.07. The molecule has 1 aromatic carbocycles. The van der Waals surface area contributed by atoms with E-state index in [1.54, 1.807) is 14.0 Å². The molecule has 3 rings (SSSR count). The Morgan fingerprint density at radius 1 is 1.00 bits per heavy atom. The van der Waals surface area contributed by atoms with E-state index in [9.17, 15) is 35.9 Å². The Kier molecular flexibility index (Phi) is 7.67. The molecule has 7 nitrogen and oxygen atoms in total. The fourth-order valence-electron chi connectivity index (χ4n) is 4.65. The maximum absolute atomic E-state index is 13.5. The first kappa shape index (κ1) is 28.5. The molecule has 1 saturated carbocycles. The Labute approximate surface area is 210 Å². The number of aromatic nitrogens is 3. The molecule has 1 fully saturated rings. The van der Waals surface area contributed by atoms with Crippen molar-refractivity contribution >= 4 is 11.8 Å². The van der Waals surface area contributed by atoms with E-state index in [0.29, 0.717) is 31.5 Å². The third-order valence-corrected chi connectivity index (χ3v) is 7.18. The van der Waals surface area contributed by atoms with Gasteiger partial charge in [-0.2, -0.15) is 26.3 Å². The molecule has 0 aliphatic heterocycles. The van der Waals surface area contributed by atoms with Crippen LogP contribution < -0.4 is 10.9 Å². The van der Waals surface area contributed by atoms with Crippen molar-refractivity contribution < 1.29 is 35.9 Å². The van der Waals surface area contributed by atoms with E-state index in [4.69, 9.17) is 0 Å². The average molecular weight is 534 g/mol. The van der Waals surface area contributed by atoms with Crippen molar-refractivity contribution in [2.75, 3.05) is 0 Å². The zero-order chi connectivity index (χ0) is 27.8. The van der Waals surface area contributed by atoms with Crippen molar-refractivity contribution in [3.63, 3.8) is 0 Å². The normalized spacial score (nSPS) is 23.4. The Balaban J connectivity index is 1.70. The zero-order valence-corrected chi connectivity index (χ0v) is 20.8. The molecule has 1 aromatic heterocycles. The van der Waals surface area contributed by atoms with Gasteiger partial charge in [0.05, 0.1) is 12.0 Å². The second kappa shape index (κ2) is 9.97. The van der Waals surface area contributed by atoms with Gasteiger partial charge in [-0.15, -0.1) is 10.2 Å². The molecule has 2 amide bonds. The van der Waals surface area contributed by atoms with E-state index in [-0.39, 0.29) is 11.4 Å². The van der Waals surface area contributed by atoms with E-state index in [2.05, 4.69) is 21.0 Å². The fourth-order valence-corrected chi connectivity index (χ4v) is 4.65. The molecule has 13 heteroatoms. The maximum atomic E-state index is 13.5. The van der Waals surface area contributed by atoms with Gasteiger partial charge >= 0.3 is 12.4 Å². The Morgan fingerprint density at radius 3 is 2.16 bits per heavy atom. The van der Waals surface area contributed by atoms with Crippen LogP contribution in [-0.2, 0) is 28.2 Å². The summed E-state index contributed by atoms with van der Waals surface area (Å²) in [5, 5.41) is 8.26. The topological polar surface area (TPSA) is 88.9 Å².